The molecule has 0 aromatic carbocycles. The monoisotopic (exact) mass is 2030 g/mol. The molecule has 0 fully saturated rings. The predicted octanol–water partition coefficient (Wildman–Crippen LogP) is 43.3. The number of amides is 1. The Morgan fingerprint density at radius 2 is 0.503 bits per heavy atom. The summed E-state index contributed by atoms with van der Waals surface area (Å²) < 4.78 is 16.5. The Kier molecular flexibility index (Phi) is 115. The Labute approximate surface area is 912 Å². The molecule has 0 saturated carbocycles. The highest BCUT2D eigenvalue weighted by Crippen LogP contribution is 2.30. The number of hydrogen-bond acceptors (Lipinski definition) is 8. The number of Topliss-reactive ketones (excluding diaryl/α,β-unsaturated/α-hetero) is 1. The van der Waals surface area contributed by atoms with Crippen LogP contribution in [-0.4, -0.2) is 54.5 Å². The van der Waals surface area contributed by atoms with Crippen LogP contribution in [0.1, 0.15) is 520 Å². The van der Waals surface area contributed by atoms with Gasteiger partial charge in [-0.15, -0.1) is 0 Å². The topological polar surface area (TPSA) is 125 Å². The normalized spacial score (nSPS) is 13.5. The highest BCUT2D eigenvalue weighted by atomic mass is 16.5. The van der Waals surface area contributed by atoms with Crippen LogP contribution >= 0.6 is 0 Å². The lowest BCUT2D eigenvalue weighted by Gasteiger charge is -2.29. The van der Waals surface area contributed by atoms with E-state index in [4.69, 9.17) is 14.2 Å². The summed E-state index contributed by atoms with van der Waals surface area (Å²) in [6.07, 6.45) is 154. The Hall–Kier alpha value is -8.17. The number of ether oxygens (including phenoxy) is 3. The molecule has 0 aliphatic carbocycles. The summed E-state index contributed by atoms with van der Waals surface area (Å²) in [7, 11) is 0. The lowest BCUT2D eigenvalue weighted by Crippen LogP contribution is -2.40. The van der Waals surface area contributed by atoms with Gasteiger partial charge in [0.2, 0.25) is 5.91 Å². The van der Waals surface area contributed by atoms with Crippen LogP contribution in [0, 0.1) is 33.5 Å². The summed E-state index contributed by atoms with van der Waals surface area (Å²) in [5, 5.41) is 2.99. The van der Waals surface area contributed by atoms with Gasteiger partial charge in [-0.05, 0) is 318 Å². The number of ketones is 1. The van der Waals surface area contributed by atoms with Crippen molar-refractivity contribution in [3.05, 3.63) is 267 Å². The fourth-order valence-corrected chi connectivity index (χ4v) is 14.9. The highest BCUT2D eigenvalue weighted by molar-refractivity contribution is 5.78. The van der Waals surface area contributed by atoms with Gasteiger partial charge in [-0.2, -0.15) is 0 Å². The first kappa shape index (κ1) is 149. The van der Waals surface area contributed by atoms with Crippen LogP contribution in [0.4, 0.5) is 0 Å². The van der Waals surface area contributed by atoms with Crippen molar-refractivity contribution >= 4 is 29.6 Å². The van der Waals surface area contributed by atoms with E-state index < -0.39 is 0 Å². The second-order valence-corrected chi connectivity index (χ2v) is 44.6. The molecule has 147 heavy (non-hydrogen) atoms. The number of allylic oxidation sites excluding steroid dienone is 44. The molecule has 1 amide bonds. The molecule has 0 radical (unpaired) electrons. The van der Waals surface area contributed by atoms with Crippen molar-refractivity contribution in [2.45, 2.75) is 531 Å². The van der Waals surface area contributed by atoms with Crippen molar-refractivity contribution in [3.8, 4) is 0 Å². The molecule has 0 heterocycles. The number of hydrogen-bond donors (Lipinski definition) is 1. The Bertz CT molecular complexity index is 3690. The number of esters is 3. The molecule has 840 valence electrons. The van der Waals surface area contributed by atoms with Crippen molar-refractivity contribution in [3.63, 3.8) is 0 Å². The number of rotatable bonds is 82. The SMILES string of the molecule is C.CC/C=C\C/C=C\C/C=C\C/C=C\C/C=C\C/C=C\CCC(=O)CCCC(C)(C)C.CCCCC/C=C\C/C=C\C/C=C\C/C=C\CCCC(=O)NC(C)(C)C.CCCCC/C=C\C/C=C\C/C=C\C/C=C\CCCC(=O)OC(CC)CC(C)(C)C.CCCCC/C=C\C/C=C\C/C=C\C/C=C\CCCC(=O)OCC(C)CC(C)(C)C.CCCCC/C=C\C/C=C\C/C=C\C/C=C\CCCC(=O)OCC(CC)C(C)(C)C. The van der Waals surface area contributed by atoms with Gasteiger partial charge in [0, 0.05) is 44.1 Å². The van der Waals surface area contributed by atoms with E-state index in [0.29, 0.717) is 68.4 Å². The minimum atomic E-state index is -0.128. The van der Waals surface area contributed by atoms with Gasteiger partial charge in [0.05, 0.1) is 13.2 Å². The van der Waals surface area contributed by atoms with Crippen LogP contribution in [-0.2, 0) is 38.2 Å². The molecule has 0 aliphatic heterocycles. The van der Waals surface area contributed by atoms with Gasteiger partial charge < -0.3 is 19.5 Å². The molecule has 0 spiro atoms. The van der Waals surface area contributed by atoms with Gasteiger partial charge in [-0.1, -0.05) is 465 Å². The lowest BCUT2D eigenvalue weighted by molar-refractivity contribution is -0.151. The fourth-order valence-electron chi connectivity index (χ4n) is 14.9. The molecule has 0 aliphatic rings. The summed E-state index contributed by atoms with van der Waals surface area (Å²) in [5.74, 6) is 1.21. The number of carbonyl (C=O) groups is 5. The minimum absolute atomic E-state index is 0. The predicted molar refractivity (Wildman–Crippen MR) is 657 cm³/mol. The molecule has 0 saturated heterocycles. The molecular formula is C138H235NO8. The van der Waals surface area contributed by atoms with Gasteiger partial charge in [0.1, 0.15) is 11.9 Å². The molecule has 9 nitrogen and oxygen atoms in total. The second kappa shape index (κ2) is 113. The Morgan fingerprint density at radius 3 is 0.748 bits per heavy atom. The van der Waals surface area contributed by atoms with E-state index in [2.05, 4.69) is 411 Å². The summed E-state index contributed by atoms with van der Waals surface area (Å²) in [5.41, 5.74) is 0.870. The zero-order valence-corrected chi connectivity index (χ0v) is 99.2. The summed E-state index contributed by atoms with van der Waals surface area (Å²) in [6, 6.07) is 0. The van der Waals surface area contributed by atoms with Gasteiger partial charge in [-0.3, -0.25) is 24.0 Å². The van der Waals surface area contributed by atoms with Crippen molar-refractivity contribution < 1.29 is 38.2 Å². The van der Waals surface area contributed by atoms with Crippen LogP contribution in [0.2, 0.25) is 0 Å². The van der Waals surface area contributed by atoms with Crippen molar-refractivity contribution in [2.24, 2.45) is 33.5 Å². The van der Waals surface area contributed by atoms with Crippen molar-refractivity contribution in [1.82, 2.24) is 5.32 Å². The lowest BCUT2D eigenvalue weighted by atomic mass is 9.80. The molecule has 9 heteroatoms. The van der Waals surface area contributed by atoms with Crippen LogP contribution in [0.25, 0.3) is 0 Å². The van der Waals surface area contributed by atoms with Gasteiger partial charge in [0.25, 0.3) is 0 Å². The third kappa shape index (κ3) is 140. The largest absolute Gasteiger partial charge is 0.465 e. The van der Waals surface area contributed by atoms with Crippen molar-refractivity contribution in [1.29, 1.82) is 0 Å². The quantitative estimate of drug-likeness (QED) is 0.0276. The second-order valence-electron chi connectivity index (χ2n) is 44.6. The first-order valence-corrected chi connectivity index (χ1v) is 58.7. The molecular weight excluding hydrogens is 1800 g/mol. The van der Waals surface area contributed by atoms with Gasteiger partial charge in [0.15, 0.2) is 0 Å². The minimum Gasteiger partial charge on any atom is -0.465 e. The smallest absolute Gasteiger partial charge is 0.306 e. The molecule has 3 atom stereocenters. The molecule has 0 aromatic heterocycles. The van der Waals surface area contributed by atoms with Crippen LogP contribution in [0.5, 0.6) is 0 Å². The number of carbonyl (C=O) groups excluding carboxylic acids is 5. The van der Waals surface area contributed by atoms with Crippen LogP contribution < -0.4 is 5.32 Å². The number of unbranched alkanes of at least 4 members (excludes halogenated alkanes) is 16. The van der Waals surface area contributed by atoms with Gasteiger partial charge in [-0.25, -0.2) is 0 Å². The summed E-state index contributed by atoms with van der Waals surface area (Å²) in [6.45, 7) is 51.2. The van der Waals surface area contributed by atoms with Crippen LogP contribution in [0.3, 0.4) is 0 Å². The standard InChI is InChI=1S/C29H46O.3C28H48O2.C24H41NO.CH4/c1-5-6-7-8-9-10-11-12-13-14-15-16-17-18-19-20-21-22-23-25-28(30)26-24-27-29(2,3)4;1-6-7-8-9-10-11-12-13-14-15-16-17-18-19-20-21-22-23-27(29)30-25-26(2)24-28(3,4)5;1-6-8-9-10-11-12-13-14-15-16-17-18-19-20-21-22-23-24-27(29)30-25-26(7-2)28(3,4)5;1-6-8-9-10-11-12-13-14-15-16-17-18-19-20-21-22-23-24-27(29)30-26(7-2)25-28(3,4)5;1-5-6-7-8-9-10-11-12-13-14-15-16-17-18-19-20-21-22-23(26)25-24(2,3)4;/h6-7,9-10,12-13,15-16,18-19,21-22H,5,8,11,14,17,20,23-27H2,1-4H3;10-11,13-14,16-17,19-20,26H,6-9,12,15,18,21-25H2,1-5H3;2*11-12,14-15,17-18,20-21,26H,6-10,13,16,19,22-25H2,1-5H3;9-10,12-13,15-16,18-19H,5-8,11,14,17,20-22H2,1-4H3,(H,25,26);1H4/b7-6-,10-9-,13-12-,16-15-,19-18-,22-21-;11-10-,14-13-,17-16-,20-19-;2*12-11-,15-14-,18-17-,21-20-;10-9-,13-12-,16-15-,19-18-;. The fraction of sp³-hybridized carbons (Fsp3) is 0.645. The van der Waals surface area contributed by atoms with E-state index in [9.17, 15) is 24.0 Å². The molecule has 0 bridgehead atoms. The average Bonchev–Trinajstić information content (AvgIpc) is 0.896. The van der Waals surface area contributed by atoms with Crippen molar-refractivity contribution in [2.75, 3.05) is 13.2 Å². The average molecular weight is 2040 g/mol. The van der Waals surface area contributed by atoms with Gasteiger partial charge >= 0.3 is 17.9 Å². The molecule has 0 aromatic rings. The Balaban J connectivity index is -0.000000422. The Morgan fingerprint density at radius 1 is 0.252 bits per heavy atom. The van der Waals surface area contributed by atoms with Crippen LogP contribution in [0.15, 0.2) is 267 Å². The zero-order chi connectivity index (χ0) is 109. The first-order chi connectivity index (χ1) is 70.1. The first-order valence-electron chi connectivity index (χ1n) is 58.7. The highest BCUT2D eigenvalue weighted by Gasteiger charge is 2.25. The molecule has 1 N–H and O–H groups in total. The zero-order valence-electron chi connectivity index (χ0n) is 99.2. The maximum atomic E-state index is 12.0. The van der Waals surface area contributed by atoms with E-state index in [1.165, 1.54) is 103 Å². The van der Waals surface area contributed by atoms with E-state index in [1.54, 1.807) is 0 Å². The number of nitrogens with one attached hydrogen (secondary N) is 1. The van der Waals surface area contributed by atoms with E-state index in [1.807, 2.05) is 20.8 Å². The third-order valence-electron chi connectivity index (χ3n) is 23.2. The molecule has 3 unspecified atom stereocenters. The van der Waals surface area contributed by atoms with E-state index in [0.717, 1.165) is 218 Å². The maximum absolute atomic E-state index is 12.0. The van der Waals surface area contributed by atoms with E-state index >= 15 is 0 Å². The maximum Gasteiger partial charge on any atom is 0.306 e. The summed E-state index contributed by atoms with van der Waals surface area (Å²) in [4.78, 5) is 59.2. The molecule has 0 rings (SSSR count). The third-order valence-corrected chi connectivity index (χ3v) is 23.2. The summed E-state index contributed by atoms with van der Waals surface area (Å²) >= 11 is 0. The van der Waals surface area contributed by atoms with E-state index in [-0.39, 0.29) is 59.1 Å².